The zero-order chi connectivity index (χ0) is 13.7. The van der Waals surface area contributed by atoms with Crippen LogP contribution in [0.25, 0.3) is 0 Å². The third-order valence-corrected chi connectivity index (χ3v) is 3.23. The minimum atomic E-state index is 0.616. The molecule has 0 unspecified atom stereocenters. The van der Waals surface area contributed by atoms with Gasteiger partial charge in [-0.05, 0) is 24.5 Å². The third kappa shape index (κ3) is 3.47. The van der Waals surface area contributed by atoms with Crippen LogP contribution in [-0.4, -0.2) is 30.3 Å². The molecule has 5 heteroatoms. The predicted octanol–water partition coefficient (Wildman–Crippen LogP) is 1.00. The number of aryl methyl sites for hydroxylation is 1. The Bertz CT molecular complexity index is 493. The summed E-state index contributed by atoms with van der Waals surface area (Å²) in [6, 6.07) is 6.53. The van der Waals surface area contributed by atoms with Crippen molar-refractivity contribution in [3.8, 4) is 0 Å². The molecule has 4 N–H and O–H groups in total. The largest absolute Gasteiger partial charge is 0.390 e. The number of guanidine groups is 1. The highest BCUT2D eigenvalue weighted by Crippen LogP contribution is 2.23. The molecule has 0 amide bonds. The lowest BCUT2D eigenvalue weighted by Gasteiger charge is -2.16. The number of benzene rings is 1. The zero-order valence-corrected chi connectivity index (χ0v) is 11.3. The number of nitrogens with zero attached hydrogens (tertiary/aromatic N) is 3. The van der Waals surface area contributed by atoms with Crippen molar-refractivity contribution >= 4 is 12.3 Å². The maximum absolute atomic E-state index is 6.02. The Morgan fingerprint density at radius 1 is 1.32 bits per heavy atom. The Balaban J connectivity index is 1.89. The monoisotopic (exact) mass is 259 g/mol. The molecule has 1 aromatic carbocycles. The van der Waals surface area contributed by atoms with Crippen LogP contribution in [0.2, 0.25) is 0 Å². The summed E-state index contributed by atoms with van der Waals surface area (Å²) in [5, 5.41) is 0. The van der Waals surface area contributed by atoms with Crippen LogP contribution in [0.3, 0.4) is 0 Å². The van der Waals surface area contributed by atoms with Gasteiger partial charge >= 0.3 is 0 Å². The Kier molecular flexibility index (Phi) is 4.39. The molecule has 0 saturated carbocycles. The van der Waals surface area contributed by atoms with Gasteiger partial charge in [0, 0.05) is 26.2 Å². The molecular weight excluding hydrogens is 238 g/mol. The van der Waals surface area contributed by atoms with Crippen molar-refractivity contribution in [3.05, 3.63) is 34.9 Å². The molecule has 0 fully saturated rings. The van der Waals surface area contributed by atoms with Crippen molar-refractivity contribution in [1.29, 1.82) is 0 Å². The van der Waals surface area contributed by atoms with E-state index in [-0.39, 0.29) is 0 Å². The summed E-state index contributed by atoms with van der Waals surface area (Å²) in [6.45, 7) is 5.21. The summed E-state index contributed by atoms with van der Waals surface area (Å²) in [5.74, 6) is 0.616. The number of hydrogen-bond acceptors (Lipinski definition) is 2. The van der Waals surface area contributed by atoms with E-state index in [1.54, 1.807) is 0 Å². The van der Waals surface area contributed by atoms with Crippen molar-refractivity contribution in [2.45, 2.75) is 26.4 Å². The van der Waals surface area contributed by atoms with E-state index in [0.29, 0.717) is 19.0 Å². The SMILES string of the molecule is Cc1ccc2c(c1)CN(C(N)=NCCCN=CN)C2. The molecule has 0 radical (unpaired) electrons. The normalized spacial score (nSPS) is 15.2. The fourth-order valence-corrected chi connectivity index (χ4v) is 2.22. The Morgan fingerprint density at radius 3 is 2.89 bits per heavy atom. The van der Waals surface area contributed by atoms with Crippen LogP contribution in [0.15, 0.2) is 28.2 Å². The van der Waals surface area contributed by atoms with Gasteiger partial charge in [-0.2, -0.15) is 0 Å². The van der Waals surface area contributed by atoms with E-state index < -0.39 is 0 Å². The fourth-order valence-electron chi connectivity index (χ4n) is 2.22. The second-order valence-electron chi connectivity index (χ2n) is 4.78. The van der Waals surface area contributed by atoms with Crippen molar-refractivity contribution in [2.75, 3.05) is 13.1 Å². The molecule has 19 heavy (non-hydrogen) atoms. The van der Waals surface area contributed by atoms with Crippen LogP contribution in [-0.2, 0) is 13.1 Å². The van der Waals surface area contributed by atoms with Gasteiger partial charge < -0.3 is 16.4 Å². The third-order valence-electron chi connectivity index (χ3n) is 3.23. The van der Waals surface area contributed by atoms with Gasteiger partial charge in [-0.25, -0.2) is 0 Å². The predicted molar refractivity (Wildman–Crippen MR) is 79.1 cm³/mol. The second kappa shape index (κ2) is 6.22. The van der Waals surface area contributed by atoms with E-state index in [1.165, 1.54) is 23.0 Å². The van der Waals surface area contributed by atoms with Crippen LogP contribution >= 0.6 is 0 Å². The van der Waals surface area contributed by atoms with Crippen LogP contribution in [0.5, 0.6) is 0 Å². The quantitative estimate of drug-likeness (QED) is 0.481. The van der Waals surface area contributed by atoms with Gasteiger partial charge in [0.15, 0.2) is 5.96 Å². The summed E-state index contributed by atoms with van der Waals surface area (Å²) in [4.78, 5) is 10.4. The van der Waals surface area contributed by atoms with E-state index in [1.807, 2.05) is 0 Å². The first-order chi connectivity index (χ1) is 9.20. The molecule has 1 aliphatic rings. The maximum Gasteiger partial charge on any atom is 0.191 e. The van der Waals surface area contributed by atoms with Gasteiger partial charge in [0.2, 0.25) is 0 Å². The standard InChI is InChI=1S/C14H21N5/c1-11-3-4-12-8-19(9-13(12)7-11)14(16)18-6-2-5-17-10-15/h3-4,7,10H,2,5-6,8-9H2,1H3,(H2,15,17)(H2,16,18). The lowest BCUT2D eigenvalue weighted by Crippen LogP contribution is -2.33. The molecule has 1 aromatic rings. The van der Waals surface area contributed by atoms with Crippen LogP contribution < -0.4 is 11.5 Å². The summed E-state index contributed by atoms with van der Waals surface area (Å²) in [6.07, 6.45) is 2.20. The van der Waals surface area contributed by atoms with E-state index in [9.17, 15) is 0 Å². The molecule has 0 aliphatic carbocycles. The molecule has 102 valence electrons. The van der Waals surface area contributed by atoms with Gasteiger partial charge in [-0.15, -0.1) is 0 Å². The summed E-state index contributed by atoms with van der Waals surface area (Å²) in [5.41, 5.74) is 15.2. The van der Waals surface area contributed by atoms with Crippen molar-refractivity contribution in [3.63, 3.8) is 0 Å². The molecule has 1 aliphatic heterocycles. The van der Waals surface area contributed by atoms with Gasteiger partial charge in [0.1, 0.15) is 0 Å². The highest BCUT2D eigenvalue weighted by atomic mass is 15.3. The molecular formula is C14H21N5. The lowest BCUT2D eigenvalue weighted by molar-refractivity contribution is 0.440. The minimum absolute atomic E-state index is 0.616. The number of hydrogen-bond donors (Lipinski definition) is 2. The van der Waals surface area contributed by atoms with E-state index >= 15 is 0 Å². The average molecular weight is 259 g/mol. The smallest absolute Gasteiger partial charge is 0.191 e. The van der Waals surface area contributed by atoms with Crippen LogP contribution in [0.4, 0.5) is 0 Å². The summed E-state index contributed by atoms with van der Waals surface area (Å²) < 4.78 is 0. The van der Waals surface area contributed by atoms with E-state index in [2.05, 4.69) is 40.0 Å². The molecule has 2 rings (SSSR count). The molecule has 5 nitrogen and oxygen atoms in total. The molecule has 0 aromatic heterocycles. The first-order valence-corrected chi connectivity index (χ1v) is 6.54. The molecule has 0 atom stereocenters. The molecule has 1 heterocycles. The molecule has 0 spiro atoms. The van der Waals surface area contributed by atoms with Crippen molar-refractivity contribution in [2.24, 2.45) is 21.5 Å². The maximum atomic E-state index is 6.02. The summed E-state index contributed by atoms with van der Waals surface area (Å²) in [7, 11) is 0. The second-order valence-corrected chi connectivity index (χ2v) is 4.78. The Morgan fingerprint density at radius 2 is 2.11 bits per heavy atom. The van der Waals surface area contributed by atoms with Crippen LogP contribution in [0.1, 0.15) is 23.1 Å². The Labute approximate surface area is 114 Å². The highest BCUT2D eigenvalue weighted by Gasteiger charge is 2.19. The average Bonchev–Trinajstić information content (AvgIpc) is 2.81. The van der Waals surface area contributed by atoms with Gasteiger partial charge in [0.05, 0.1) is 6.34 Å². The fraction of sp³-hybridized carbons (Fsp3) is 0.429. The molecule has 0 bridgehead atoms. The van der Waals surface area contributed by atoms with Crippen molar-refractivity contribution in [1.82, 2.24) is 4.90 Å². The lowest BCUT2D eigenvalue weighted by atomic mass is 10.1. The number of aliphatic imine (C=N–C) groups is 2. The van der Waals surface area contributed by atoms with Crippen molar-refractivity contribution < 1.29 is 0 Å². The highest BCUT2D eigenvalue weighted by molar-refractivity contribution is 5.78. The number of nitrogens with two attached hydrogens (primary N) is 2. The van der Waals surface area contributed by atoms with Gasteiger partial charge in [-0.3, -0.25) is 9.98 Å². The Hall–Kier alpha value is -2.04. The minimum Gasteiger partial charge on any atom is -0.390 e. The van der Waals surface area contributed by atoms with Gasteiger partial charge in [-0.1, -0.05) is 23.8 Å². The van der Waals surface area contributed by atoms with Gasteiger partial charge in [0.25, 0.3) is 0 Å². The zero-order valence-electron chi connectivity index (χ0n) is 11.3. The van der Waals surface area contributed by atoms with Crippen LogP contribution in [0, 0.1) is 6.92 Å². The summed E-state index contributed by atoms with van der Waals surface area (Å²) >= 11 is 0. The molecule has 0 saturated heterocycles. The first-order valence-electron chi connectivity index (χ1n) is 6.54. The first kappa shape index (κ1) is 13.4. The van der Waals surface area contributed by atoms with E-state index in [4.69, 9.17) is 11.5 Å². The number of fused-ring (bicyclic) bond motifs is 1. The van der Waals surface area contributed by atoms with E-state index in [0.717, 1.165) is 19.5 Å². The number of rotatable bonds is 4. The topological polar surface area (TPSA) is 80.0 Å².